The van der Waals surface area contributed by atoms with Crippen molar-refractivity contribution in [3.8, 4) is 5.75 Å². The van der Waals surface area contributed by atoms with E-state index in [1.54, 1.807) is 0 Å². The molecule has 0 amide bonds. The van der Waals surface area contributed by atoms with Gasteiger partial charge in [0.1, 0.15) is 12.4 Å². The lowest BCUT2D eigenvalue weighted by Crippen LogP contribution is -2.55. The van der Waals surface area contributed by atoms with Crippen molar-refractivity contribution in [1.29, 1.82) is 0 Å². The molecule has 2 heterocycles. The first-order valence-corrected chi connectivity index (χ1v) is 10.9. The first kappa shape index (κ1) is 20.2. The predicted octanol–water partition coefficient (Wildman–Crippen LogP) is 2.84. The van der Waals surface area contributed by atoms with Gasteiger partial charge in [-0.2, -0.15) is 0 Å². The summed E-state index contributed by atoms with van der Waals surface area (Å²) in [5.41, 5.74) is 2.56. The Balaban J connectivity index is 1.31. The summed E-state index contributed by atoms with van der Waals surface area (Å²) in [6.07, 6.45) is 2.55. The Kier molecular flexibility index (Phi) is 7.04. The molecule has 0 saturated carbocycles. The van der Waals surface area contributed by atoms with E-state index in [4.69, 9.17) is 9.84 Å². The second-order valence-electron chi connectivity index (χ2n) is 8.07. The average molecular weight is 396 g/mol. The van der Waals surface area contributed by atoms with Crippen LogP contribution < -0.4 is 9.64 Å². The molecule has 1 N–H and O–H groups in total. The van der Waals surface area contributed by atoms with Crippen LogP contribution in [0.2, 0.25) is 0 Å². The van der Waals surface area contributed by atoms with Crippen molar-refractivity contribution in [1.82, 2.24) is 9.80 Å². The Morgan fingerprint density at radius 3 is 2.45 bits per heavy atom. The van der Waals surface area contributed by atoms with E-state index < -0.39 is 0 Å². The molecule has 2 aromatic carbocycles. The highest BCUT2D eigenvalue weighted by Crippen LogP contribution is 2.24. The van der Waals surface area contributed by atoms with Crippen LogP contribution in [0.1, 0.15) is 18.4 Å². The molecule has 2 aliphatic rings. The Morgan fingerprint density at radius 2 is 1.66 bits per heavy atom. The van der Waals surface area contributed by atoms with Gasteiger partial charge in [0.25, 0.3) is 0 Å². The zero-order valence-electron chi connectivity index (χ0n) is 17.2. The van der Waals surface area contributed by atoms with Crippen molar-refractivity contribution in [3.05, 3.63) is 60.2 Å². The summed E-state index contributed by atoms with van der Waals surface area (Å²) in [5, 5.41) is 9.07. The molecule has 2 fully saturated rings. The van der Waals surface area contributed by atoms with Gasteiger partial charge in [-0.3, -0.25) is 9.80 Å². The maximum absolute atomic E-state index is 9.07. The van der Waals surface area contributed by atoms with Crippen LogP contribution in [-0.4, -0.2) is 73.4 Å². The molecule has 0 bridgehead atoms. The molecule has 1 atom stereocenters. The number of para-hydroxylation sites is 2. The molecule has 5 nitrogen and oxygen atoms in total. The molecule has 29 heavy (non-hydrogen) atoms. The number of nitrogens with zero attached hydrogens (tertiary/aromatic N) is 3. The van der Waals surface area contributed by atoms with E-state index in [1.807, 2.05) is 12.1 Å². The fourth-order valence-electron chi connectivity index (χ4n) is 4.63. The lowest BCUT2D eigenvalue weighted by molar-refractivity contribution is 0.0880. The van der Waals surface area contributed by atoms with Crippen LogP contribution in [0.15, 0.2) is 54.6 Å². The normalized spacial score (nSPS) is 21.3. The second-order valence-corrected chi connectivity index (χ2v) is 8.07. The molecule has 4 rings (SSSR count). The van der Waals surface area contributed by atoms with Crippen LogP contribution in [0.5, 0.6) is 5.75 Å². The summed E-state index contributed by atoms with van der Waals surface area (Å²) in [4.78, 5) is 7.77. The smallest absolute Gasteiger partial charge is 0.123 e. The summed E-state index contributed by atoms with van der Waals surface area (Å²) >= 11 is 0. The van der Waals surface area contributed by atoms with Crippen LogP contribution in [0.3, 0.4) is 0 Å². The van der Waals surface area contributed by atoms with Gasteiger partial charge in [-0.25, -0.2) is 0 Å². The highest BCUT2D eigenvalue weighted by molar-refractivity contribution is 5.46. The molecule has 5 heteroatoms. The zero-order valence-corrected chi connectivity index (χ0v) is 17.2. The van der Waals surface area contributed by atoms with E-state index in [2.05, 4.69) is 57.2 Å². The van der Waals surface area contributed by atoms with Crippen LogP contribution in [0.4, 0.5) is 5.69 Å². The molecule has 2 saturated heterocycles. The number of ether oxygens (including phenoxy) is 1. The standard InChI is InChI=1S/C24H33N3O2/c28-17-18-29-24-11-5-4-7-21(24)19-25-12-6-10-23(20-25)27-15-13-26(14-16-27)22-8-2-1-3-9-22/h1-5,7-9,11,23,28H,6,10,12-20H2. The summed E-state index contributed by atoms with van der Waals surface area (Å²) < 4.78 is 5.73. The Morgan fingerprint density at radius 1 is 0.897 bits per heavy atom. The van der Waals surface area contributed by atoms with Crippen molar-refractivity contribution >= 4 is 5.69 Å². The van der Waals surface area contributed by atoms with Crippen LogP contribution in [0, 0.1) is 0 Å². The van der Waals surface area contributed by atoms with Crippen molar-refractivity contribution < 1.29 is 9.84 Å². The van der Waals surface area contributed by atoms with Gasteiger partial charge in [-0.05, 0) is 37.6 Å². The summed E-state index contributed by atoms with van der Waals surface area (Å²) in [5.74, 6) is 0.903. The lowest BCUT2D eigenvalue weighted by Gasteiger charge is -2.44. The largest absolute Gasteiger partial charge is 0.491 e. The third-order valence-electron chi connectivity index (χ3n) is 6.15. The molecule has 0 radical (unpaired) electrons. The maximum Gasteiger partial charge on any atom is 0.123 e. The monoisotopic (exact) mass is 395 g/mol. The molecule has 0 aliphatic carbocycles. The van der Waals surface area contributed by atoms with E-state index in [9.17, 15) is 0 Å². The number of piperazine rings is 1. The summed E-state index contributed by atoms with van der Waals surface area (Å²) in [7, 11) is 0. The molecule has 0 spiro atoms. The number of anilines is 1. The van der Waals surface area contributed by atoms with E-state index in [1.165, 1.54) is 24.1 Å². The molecular weight excluding hydrogens is 362 g/mol. The van der Waals surface area contributed by atoms with Gasteiger partial charge in [0, 0.05) is 56.6 Å². The molecular formula is C24H33N3O2. The van der Waals surface area contributed by atoms with Gasteiger partial charge in [0.05, 0.1) is 6.61 Å². The number of hydrogen-bond acceptors (Lipinski definition) is 5. The van der Waals surface area contributed by atoms with E-state index >= 15 is 0 Å². The first-order chi connectivity index (χ1) is 14.3. The topological polar surface area (TPSA) is 39.2 Å². The van der Waals surface area contributed by atoms with E-state index in [-0.39, 0.29) is 6.61 Å². The van der Waals surface area contributed by atoms with E-state index in [0.29, 0.717) is 12.6 Å². The SMILES string of the molecule is OCCOc1ccccc1CN1CCCC(N2CCN(c3ccccc3)CC2)C1. The van der Waals surface area contributed by atoms with Crippen molar-refractivity contribution in [2.24, 2.45) is 0 Å². The number of aliphatic hydroxyl groups excluding tert-OH is 1. The number of piperidine rings is 1. The van der Waals surface area contributed by atoms with Gasteiger partial charge >= 0.3 is 0 Å². The van der Waals surface area contributed by atoms with Gasteiger partial charge in [-0.15, -0.1) is 0 Å². The van der Waals surface area contributed by atoms with E-state index in [0.717, 1.165) is 51.6 Å². The van der Waals surface area contributed by atoms with Gasteiger partial charge in [0.2, 0.25) is 0 Å². The number of benzene rings is 2. The number of aliphatic hydroxyl groups is 1. The van der Waals surface area contributed by atoms with Crippen LogP contribution in [-0.2, 0) is 6.54 Å². The van der Waals surface area contributed by atoms with Gasteiger partial charge < -0.3 is 14.7 Å². The zero-order chi connectivity index (χ0) is 19.9. The number of hydrogen-bond donors (Lipinski definition) is 1. The quantitative estimate of drug-likeness (QED) is 0.781. The third-order valence-corrected chi connectivity index (χ3v) is 6.15. The fourth-order valence-corrected chi connectivity index (χ4v) is 4.63. The van der Waals surface area contributed by atoms with Gasteiger partial charge in [0.15, 0.2) is 0 Å². The Bertz CT molecular complexity index is 747. The Hall–Kier alpha value is -2.08. The number of likely N-dealkylation sites (tertiary alicyclic amines) is 1. The molecule has 0 aromatic heterocycles. The lowest BCUT2D eigenvalue weighted by atomic mass is 10.0. The fraction of sp³-hybridized carbons (Fsp3) is 0.500. The first-order valence-electron chi connectivity index (χ1n) is 10.9. The highest BCUT2D eigenvalue weighted by atomic mass is 16.5. The highest BCUT2D eigenvalue weighted by Gasteiger charge is 2.28. The molecule has 2 aromatic rings. The minimum atomic E-state index is 0.0507. The molecule has 156 valence electrons. The van der Waals surface area contributed by atoms with Crippen molar-refractivity contribution in [2.45, 2.75) is 25.4 Å². The summed E-state index contributed by atoms with van der Waals surface area (Å²) in [6.45, 7) is 8.10. The second kappa shape index (κ2) is 10.1. The van der Waals surface area contributed by atoms with Crippen molar-refractivity contribution in [2.75, 3.05) is 57.4 Å². The van der Waals surface area contributed by atoms with Gasteiger partial charge in [-0.1, -0.05) is 36.4 Å². The summed E-state index contributed by atoms with van der Waals surface area (Å²) in [6, 6.07) is 19.7. The average Bonchev–Trinajstić information content (AvgIpc) is 2.79. The minimum Gasteiger partial charge on any atom is -0.491 e. The van der Waals surface area contributed by atoms with Crippen LogP contribution in [0.25, 0.3) is 0 Å². The Labute approximate surface area is 174 Å². The van der Waals surface area contributed by atoms with Crippen LogP contribution >= 0.6 is 0 Å². The third kappa shape index (κ3) is 5.30. The van der Waals surface area contributed by atoms with Crippen molar-refractivity contribution in [3.63, 3.8) is 0 Å². The number of rotatable bonds is 7. The maximum atomic E-state index is 9.07. The molecule has 1 unspecified atom stereocenters. The predicted molar refractivity (Wildman–Crippen MR) is 118 cm³/mol. The minimum absolute atomic E-state index is 0.0507. The molecule has 2 aliphatic heterocycles.